The summed E-state index contributed by atoms with van der Waals surface area (Å²) in [6.45, 7) is 0. The molecule has 0 fully saturated rings. The molecular formula is C12H10ClN5OS. The second-order valence-corrected chi connectivity index (χ2v) is 5.51. The first-order chi connectivity index (χ1) is 9.63. The second-order valence-electron chi connectivity index (χ2n) is 4.09. The lowest BCUT2D eigenvalue weighted by Crippen LogP contribution is -2.15. The van der Waals surface area contributed by atoms with Crippen molar-refractivity contribution < 1.29 is 0 Å². The molecule has 0 unspecified atom stereocenters. The summed E-state index contributed by atoms with van der Waals surface area (Å²) in [5.41, 5.74) is 6.82. The van der Waals surface area contributed by atoms with Crippen molar-refractivity contribution in [1.82, 2.24) is 19.6 Å². The van der Waals surface area contributed by atoms with Gasteiger partial charge in [-0.3, -0.25) is 9.89 Å². The number of aromatic nitrogens is 4. The number of nitrogens with one attached hydrogen (secondary N) is 1. The molecule has 0 amide bonds. The van der Waals surface area contributed by atoms with Crippen LogP contribution in [-0.2, 0) is 5.75 Å². The predicted molar refractivity (Wildman–Crippen MR) is 79.0 cm³/mol. The zero-order valence-electron chi connectivity index (χ0n) is 10.2. The highest BCUT2D eigenvalue weighted by Gasteiger charge is 2.07. The zero-order valence-corrected chi connectivity index (χ0v) is 11.8. The fourth-order valence-electron chi connectivity index (χ4n) is 1.72. The molecule has 6 nitrogen and oxygen atoms in total. The van der Waals surface area contributed by atoms with E-state index >= 15 is 0 Å². The van der Waals surface area contributed by atoms with E-state index in [1.807, 2.05) is 0 Å². The van der Waals surface area contributed by atoms with Gasteiger partial charge in [0, 0.05) is 22.4 Å². The molecule has 2 aromatic heterocycles. The normalized spacial score (nSPS) is 11.1. The van der Waals surface area contributed by atoms with Crippen LogP contribution in [0, 0.1) is 0 Å². The zero-order chi connectivity index (χ0) is 14.1. The highest BCUT2D eigenvalue weighted by Crippen LogP contribution is 2.30. The van der Waals surface area contributed by atoms with Gasteiger partial charge in [0.2, 0.25) is 0 Å². The lowest BCUT2D eigenvalue weighted by atomic mass is 10.3. The van der Waals surface area contributed by atoms with E-state index in [1.165, 1.54) is 28.7 Å². The average Bonchev–Trinajstić information content (AvgIpc) is 2.89. The number of fused-ring (bicyclic) bond motifs is 1. The van der Waals surface area contributed by atoms with Gasteiger partial charge in [0.1, 0.15) is 6.33 Å². The molecule has 2 heterocycles. The number of thioether (sulfide) groups is 1. The molecule has 3 rings (SSSR count). The summed E-state index contributed by atoms with van der Waals surface area (Å²) in [5.74, 6) is 0.869. The Labute approximate surface area is 123 Å². The van der Waals surface area contributed by atoms with Crippen LogP contribution in [0.15, 0.2) is 40.3 Å². The third kappa shape index (κ3) is 2.50. The summed E-state index contributed by atoms with van der Waals surface area (Å²) >= 11 is 7.56. The molecule has 1 aromatic carbocycles. The largest absolute Gasteiger partial charge is 0.399 e. The van der Waals surface area contributed by atoms with Gasteiger partial charge >= 0.3 is 0 Å². The molecule has 0 aliphatic carbocycles. The standard InChI is InChI=1S/C12H10ClN5OS/c13-9-2-1-7(14)3-10(9)20-5-8-4-11(19)18-12(17-8)15-6-16-18/h1-4,6H,5,14H2,(H,15,16,17). The van der Waals surface area contributed by atoms with Gasteiger partial charge in [-0.1, -0.05) is 11.6 Å². The fraction of sp³-hybridized carbons (Fsp3) is 0.0833. The molecule has 0 saturated heterocycles. The molecule has 0 radical (unpaired) electrons. The van der Waals surface area contributed by atoms with Gasteiger partial charge in [-0.05, 0) is 18.2 Å². The number of rotatable bonds is 3. The van der Waals surface area contributed by atoms with E-state index in [4.69, 9.17) is 17.3 Å². The maximum absolute atomic E-state index is 11.8. The molecule has 0 aliphatic heterocycles. The Hall–Kier alpha value is -1.99. The van der Waals surface area contributed by atoms with Gasteiger partial charge in [0.25, 0.3) is 11.3 Å². The molecule has 0 saturated carbocycles. The van der Waals surface area contributed by atoms with Crippen molar-refractivity contribution in [3.05, 3.63) is 51.7 Å². The lowest BCUT2D eigenvalue weighted by Gasteiger charge is -2.05. The molecule has 0 bridgehead atoms. The number of hydrogen-bond donors (Lipinski definition) is 2. The summed E-state index contributed by atoms with van der Waals surface area (Å²) in [6, 6.07) is 6.76. The fourth-order valence-corrected chi connectivity index (χ4v) is 2.88. The molecule has 20 heavy (non-hydrogen) atoms. The van der Waals surface area contributed by atoms with Crippen LogP contribution in [0.3, 0.4) is 0 Å². The number of anilines is 1. The Bertz CT molecular complexity index is 828. The smallest absolute Gasteiger partial charge is 0.274 e. The minimum absolute atomic E-state index is 0.193. The molecule has 102 valence electrons. The molecule has 0 atom stereocenters. The van der Waals surface area contributed by atoms with Gasteiger partial charge in [-0.25, -0.2) is 9.97 Å². The van der Waals surface area contributed by atoms with Crippen molar-refractivity contribution in [2.24, 2.45) is 0 Å². The van der Waals surface area contributed by atoms with Crippen LogP contribution in [0.5, 0.6) is 0 Å². The Kier molecular flexibility index (Phi) is 3.37. The highest BCUT2D eigenvalue weighted by molar-refractivity contribution is 7.98. The van der Waals surface area contributed by atoms with Gasteiger partial charge in [-0.15, -0.1) is 11.8 Å². The third-order valence-corrected chi connectivity index (χ3v) is 4.18. The van der Waals surface area contributed by atoms with E-state index in [0.29, 0.717) is 27.9 Å². The van der Waals surface area contributed by atoms with Crippen molar-refractivity contribution in [2.75, 3.05) is 5.73 Å². The Morgan fingerprint density at radius 3 is 3.10 bits per heavy atom. The minimum atomic E-state index is -0.193. The number of nitrogen functional groups attached to an aromatic ring is 1. The van der Waals surface area contributed by atoms with E-state index in [9.17, 15) is 4.79 Å². The van der Waals surface area contributed by atoms with Gasteiger partial charge < -0.3 is 5.73 Å². The minimum Gasteiger partial charge on any atom is -0.399 e. The SMILES string of the molecule is Nc1ccc(Cl)c(SCc2cc(=O)n3[nH]cnc3n2)c1. The Morgan fingerprint density at radius 1 is 1.40 bits per heavy atom. The third-order valence-electron chi connectivity index (χ3n) is 2.65. The first-order valence-corrected chi connectivity index (χ1v) is 7.10. The maximum Gasteiger partial charge on any atom is 0.274 e. The molecule has 3 aromatic rings. The number of benzene rings is 1. The van der Waals surface area contributed by atoms with E-state index in [0.717, 1.165) is 4.90 Å². The summed E-state index contributed by atoms with van der Waals surface area (Å²) in [6.07, 6.45) is 1.43. The van der Waals surface area contributed by atoms with Gasteiger partial charge in [0.05, 0.1) is 10.7 Å². The van der Waals surface area contributed by atoms with Crippen molar-refractivity contribution in [3.63, 3.8) is 0 Å². The monoisotopic (exact) mass is 307 g/mol. The Balaban J connectivity index is 1.86. The number of hydrogen-bond acceptors (Lipinski definition) is 5. The molecule has 0 spiro atoms. The maximum atomic E-state index is 11.8. The quantitative estimate of drug-likeness (QED) is 0.570. The van der Waals surface area contributed by atoms with Crippen molar-refractivity contribution in [1.29, 1.82) is 0 Å². The number of aromatic amines is 1. The summed E-state index contributed by atoms with van der Waals surface area (Å²) in [5, 5.41) is 3.32. The van der Waals surface area contributed by atoms with Crippen LogP contribution in [-0.4, -0.2) is 19.6 Å². The lowest BCUT2D eigenvalue weighted by molar-refractivity contribution is 0.887. The van der Waals surface area contributed by atoms with Crippen LogP contribution in [0.4, 0.5) is 5.69 Å². The average molecular weight is 308 g/mol. The molecular weight excluding hydrogens is 298 g/mol. The van der Waals surface area contributed by atoms with Crippen molar-refractivity contribution >= 4 is 34.8 Å². The summed E-state index contributed by atoms with van der Waals surface area (Å²) in [4.78, 5) is 20.9. The summed E-state index contributed by atoms with van der Waals surface area (Å²) in [7, 11) is 0. The van der Waals surface area contributed by atoms with Gasteiger partial charge in [-0.2, -0.15) is 4.52 Å². The van der Waals surface area contributed by atoms with E-state index < -0.39 is 0 Å². The number of nitrogens with zero attached hydrogens (tertiary/aromatic N) is 3. The van der Waals surface area contributed by atoms with Crippen LogP contribution in [0.2, 0.25) is 5.02 Å². The molecule has 0 aliphatic rings. The molecule has 8 heteroatoms. The van der Waals surface area contributed by atoms with Crippen LogP contribution >= 0.6 is 23.4 Å². The predicted octanol–water partition coefficient (Wildman–Crippen LogP) is 1.95. The van der Waals surface area contributed by atoms with Crippen molar-refractivity contribution in [3.8, 4) is 0 Å². The van der Waals surface area contributed by atoms with Crippen molar-refractivity contribution in [2.45, 2.75) is 10.6 Å². The molecule has 3 N–H and O–H groups in total. The first-order valence-electron chi connectivity index (χ1n) is 5.73. The van der Waals surface area contributed by atoms with Crippen LogP contribution < -0.4 is 11.3 Å². The van der Waals surface area contributed by atoms with Crippen LogP contribution in [0.25, 0.3) is 5.78 Å². The van der Waals surface area contributed by atoms with Gasteiger partial charge in [0.15, 0.2) is 0 Å². The van der Waals surface area contributed by atoms with E-state index in [2.05, 4.69) is 15.1 Å². The Morgan fingerprint density at radius 2 is 2.25 bits per heavy atom. The highest BCUT2D eigenvalue weighted by atomic mass is 35.5. The van der Waals surface area contributed by atoms with Crippen LogP contribution in [0.1, 0.15) is 5.69 Å². The van der Waals surface area contributed by atoms with E-state index in [1.54, 1.807) is 18.2 Å². The summed E-state index contributed by atoms with van der Waals surface area (Å²) < 4.78 is 1.28. The topological polar surface area (TPSA) is 89.1 Å². The first kappa shape index (κ1) is 13.0. The number of halogens is 1. The number of nitrogens with two attached hydrogens (primary N) is 1. The second kappa shape index (κ2) is 5.18. The number of H-pyrrole nitrogens is 1. The van der Waals surface area contributed by atoms with E-state index in [-0.39, 0.29) is 5.56 Å².